The van der Waals surface area contributed by atoms with Gasteiger partial charge in [0.2, 0.25) is 0 Å². The van der Waals surface area contributed by atoms with Crippen molar-refractivity contribution in [3.63, 3.8) is 0 Å². The first-order chi connectivity index (χ1) is 9.71. The average Bonchev–Trinajstić information content (AvgIpc) is 2.77. The summed E-state index contributed by atoms with van der Waals surface area (Å²) < 4.78 is 11.8. The van der Waals surface area contributed by atoms with Gasteiger partial charge in [-0.3, -0.25) is 0 Å². The van der Waals surface area contributed by atoms with E-state index in [1.807, 2.05) is 18.3 Å². The average molecular weight is 273 g/mol. The monoisotopic (exact) mass is 273 g/mol. The lowest BCUT2D eigenvalue weighted by Gasteiger charge is -2.56. The van der Waals surface area contributed by atoms with Crippen LogP contribution in [0.5, 0.6) is 0 Å². The Labute approximate surface area is 115 Å². The predicted octanol–water partition coefficient (Wildman–Crippen LogP) is 0.957. The molecule has 0 amide bonds. The number of anilines is 1. The van der Waals surface area contributed by atoms with Crippen molar-refractivity contribution < 1.29 is 14.3 Å². The Bertz CT molecular complexity index is 682. The highest BCUT2D eigenvalue weighted by molar-refractivity contribution is 5.97. The Morgan fingerprint density at radius 1 is 1.45 bits per heavy atom. The van der Waals surface area contributed by atoms with E-state index < -0.39 is 0 Å². The van der Waals surface area contributed by atoms with Crippen molar-refractivity contribution in [1.82, 2.24) is 9.61 Å². The van der Waals surface area contributed by atoms with Crippen molar-refractivity contribution in [1.29, 1.82) is 0 Å². The van der Waals surface area contributed by atoms with Crippen LogP contribution in [0.15, 0.2) is 24.5 Å². The molecule has 0 N–H and O–H groups in total. The molecular weight excluding hydrogens is 258 g/mol. The minimum absolute atomic E-state index is 0.357. The standard InChI is InChI=1S/C14H15N3O3/c1-19-13(18)11-5-15-17-3-2-10(4-12(11)17)16-6-14(7-16)8-20-9-14/h2-5H,6-9H2,1H3. The van der Waals surface area contributed by atoms with Crippen LogP contribution < -0.4 is 4.90 Å². The summed E-state index contributed by atoms with van der Waals surface area (Å²) in [6.45, 7) is 3.77. The summed E-state index contributed by atoms with van der Waals surface area (Å²) in [6, 6.07) is 4.01. The molecule has 104 valence electrons. The van der Waals surface area contributed by atoms with E-state index >= 15 is 0 Å². The molecule has 20 heavy (non-hydrogen) atoms. The number of rotatable bonds is 2. The minimum Gasteiger partial charge on any atom is -0.465 e. The van der Waals surface area contributed by atoms with Crippen molar-refractivity contribution in [3.05, 3.63) is 30.1 Å². The van der Waals surface area contributed by atoms with Crippen LogP contribution in [-0.2, 0) is 9.47 Å². The van der Waals surface area contributed by atoms with E-state index in [4.69, 9.17) is 9.47 Å². The highest BCUT2D eigenvalue weighted by Crippen LogP contribution is 2.40. The quantitative estimate of drug-likeness (QED) is 0.763. The summed E-state index contributed by atoms with van der Waals surface area (Å²) in [5.74, 6) is -0.357. The molecule has 6 heteroatoms. The Balaban J connectivity index is 1.66. The second kappa shape index (κ2) is 3.96. The third kappa shape index (κ3) is 1.54. The molecule has 0 aliphatic carbocycles. The van der Waals surface area contributed by atoms with Gasteiger partial charge < -0.3 is 14.4 Å². The number of esters is 1. The molecule has 1 spiro atoms. The van der Waals surface area contributed by atoms with E-state index in [-0.39, 0.29) is 5.97 Å². The fourth-order valence-electron chi connectivity index (χ4n) is 2.95. The molecule has 0 atom stereocenters. The van der Waals surface area contributed by atoms with Crippen LogP contribution in [0.4, 0.5) is 5.69 Å². The van der Waals surface area contributed by atoms with Crippen molar-refractivity contribution >= 4 is 17.2 Å². The Kier molecular flexibility index (Phi) is 2.32. The van der Waals surface area contributed by atoms with Crippen LogP contribution in [-0.4, -0.2) is 49.0 Å². The van der Waals surface area contributed by atoms with Crippen LogP contribution in [0.2, 0.25) is 0 Å². The molecule has 2 aromatic rings. The fraction of sp³-hybridized carbons (Fsp3) is 0.429. The number of ether oxygens (including phenoxy) is 2. The number of pyridine rings is 1. The lowest BCUT2D eigenvalue weighted by Crippen LogP contribution is -2.66. The van der Waals surface area contributed by atoms with Gasteiger partial charge in [0.25, 0.3) is 0 Å². The second-order valence-electron chi connectivity index (χ2n) is 5.61. The number of fused-ring (bicyclic) bond motifs is 1. The third-order valence-corrected chi connectivity index (χ3v) is 4.14. The molecule has 0 saturated carbocycles. The summed E-state index contributed by atoms with van der Waals surface area (Å²) in [5.41, 5.74) is 2.76. The van der Waals surface area contributed by atoms with Gasteiger partial charge in [0.1, 0.15) is 5.56 Å². The molecule has 2 aliphatic rings. The van der Waals surface area contributed by atoms with Crippen molar-refractivity contribution in [3.8, 4) is 0 Å². The van der Waals surface area contributed by atoms with Gasteiger partial charge in [-0.15, -0.1) is 0 Å². The van der Waals surface area contributed by atoms with Gasteiger partial charge in [-0.1, -0.05) is 0 Å². The number of hydrogen-bond acceptors (Lipinski definition) is 5. The number of nitrogens with zero attached hydrogens (tertiary/aromatic N) is 3. The van der Waals surface area contributed by atoms with Gasteiger partial charge in [-0.2, -0.15) is 5.10 Å². The fourth-order valence-corrected chi connectivity index (χ4v) is 2.95. The number of carbonyl (C=O) groups is 1. The first-order valence-electron chi connectivity index (χ1n) is 6.59. The van der Waals surface area contributed by atoms with E-state index in [1.54, 1.807) is 10.7 Å². The summed E-state index contributed by atoms with van der Waals surface area (Å²) >= 11 is 0. The zero-order chi connectivity index (χ0) is 13.7. The van der Waals surface area contributed by atoms with E-state index in [0.29, 0.717) is 11.0 Å². The van der Waals surface area contributed by atoms with Crippen molar-refractivity contribution in [2.24, 2.45) is 5.41 Å². The van der Waals surface area contributed by atoms with Crippen LogP contribution in [0.3, 0.4) is 0 Å². The molecular formula is C14H15N3O3. The van der Waals surface area contributed by atoms with Crippen molar-refractivity contribution in [2.45, 2.75) is 0 Å². The second-order valence-corrected chi connectivity index (χ2v) is 5.61. The SMILES string of the molecule is COC(=O)c1cnn2ccc(N3CC4(COC4)C3)cc12. The van der Waals surface area contributed by atoms with Crippen LogP contribution in [0.25, 0.3) is 5.52 Å². The topological polar surface area (TPSA) is 56.1 Å². The Hall–Kier alpha value is -2.08. The number of aromatic nitrogens is 2. The summed E-state index contributed by atoms with van der Waals surface area (Å²) in [6.07, 6.45) is 3.42. The molecule has 6 nitrogen and oxygen atoms in total. The van der Waals surface area contributed by atoms with Gasteiger partial charge in [0.15, 0.2) is 0 Å². The van der Waals surface area contributed by atoms with Crippen LogP contribution in [0, 0.1) is 5.41 Å². The Morgan fingerprint density at radius 3 is 2.90 bits per heavy atom. The number of carbonyl (C=O) groups excluding carboxylic acids is 1. The molecule has 2 aliphatic heterocycles. The molecule has 0 radical (unpaired) electrons. The molecule has 4 heterocycles. The van der Waals surface area contributed by atoms with E-state index in [1.165, 1.54) is 7.11 Å². The largest absolute Gasteiger partial charge is 0.465 e. The number of hydrogen-bond donors (Lipinski definition) is 0. The smallest absolute Gasteiger partial charge is 0.341 e. The Morgan fingerprint density at radius 2 is 2.25 bits per heavy atom. The molecule has 2 aromatic heterocycles. The lowest BCUT2D eigenvalue weighted by molar-refractivity contribution is -0.127. The van der Waals surface area contributed by atoms with Gasteiger partial charge in [-0.05, 0) is 12.1 Å². The molecule has 4 rings (SSSR count). The molecule has 0 unspecified atom stereocenters. The predicted molar refractivity (Wildman–Crippen MR) is 72.0 cm³/mol. The zero-order valence-corrected chi connectivity index (χ0v) is 11.2. The highest BCUT2D eigenvalue weighted by Gasteiger charge is 2.49. The molecule has 2 fully saturated rings. The van der Waals surface area contributed by atoms with E-state index in [2.05, 4.69) is 10.00 Å². The minimum atomic E-state index is -0.357. The van der Waals surface area contributed by atoms with E-state index in [9.17, 15) is 4.79 Å². The van der Waals surface area contributed by atoms with Gasteiger partial charge in [-0.25, -0.2) is 9.31 Å². The van der Waals surface area contributed by atoms with Gasteiger partial charge in [0, 0.05) is 25.0 Å². The first-order valence-corrected chi connectivity index (χ1v) is 6.59. The van der Waals surface area contributed by atoms with Gasteiger partial charge >= 0.3 is 5.97 Å². The maximum absolute atomic E-state index is 11.7. The number of methoxy groups -OCH3 is 1. The normalized spacial score (nSPS) is 19.8. The summed E-state index contributed by atoms with van der Waals surface area (Å²) in [5, 5.41) is 4.17. The maximum Gasteiger partial charge on any atom is 0.341 e. The summed E-state index contributed by atoms with van der Waals surface area (Å²) in [4.78, 5) is 14.0. The third-order valence-electron chi connectivity index (χ3n) is 4.14. The summed E-state index contributed by atoms with van der Waals surface area (Å²) in [7, 11) is 1.38. The molecule has 0 bridgehead atoms. The molecule has 0 aromatic carbocycles. The van der Waals surface area contributed by atoms with Crippen LogP contribution in [0.1, 0.15) is 10.4 Å². The molecule has 2 saturated heterocycles. The zero-order valence-electron chi connectivity index (χ0n) is 11.2. The van der Waals surface area contributed by atoms with E-state index in [0.717, 1.165) is 37.5 Å². The van der Waals surface area contributed by atoms with Crippen LogP contribution >= 0.6 is 0 Å². The highest BCUT2D eigenvalue weighted by atomic mass is 16.5. The lowest BCUT2D eigenvalue weighted by atomic mass is 9.78. The first kappa shape index (κ1) is 11.7. The van der Waals surface area contributed by atoms with Gasteiger partial charge in [0.05, 0.1) is 37.5 Å². The maximum atomic E-state index is 11.7. The van der Waals surface area contributed by atoms with Crippen molar-refractivity contribution in [2.75, 3.05) is 38.3 Å².